The molecule has 0 aliphatic heterocycles. The van der Waals surface area contributed by atoms with Crippen molar-refractivity contribution in [2.45, 2.75) is 75.6 Å². The summed E-state index contributed by atoms with van der Waals surface area (Å²) in [6, 6.07) is 3.98. The van der Waals surface area contributed by atoms with Gasteiger partial charge in [0.05, 0.1) is 20.9 Å². The van der Waals surface area contributed by atoms with E-state index in [0.29, 0.717) is 37.3 Å². The third-order valence-electron chi connectivity index (χ3n) is 6.26. The zero-order chi connectivity index (χ0) is 29.1. The van der Waals surface area contributed by atoms with Gasteiger partial charge < -0.3 is 20.4 Å². The second-order valence-electron chi connectivity index (χ2n) is 9.65. The Morgan fingerprint density at radius 1 is 1.23 bits per heavy atom. The number of H-pyrrole nitrogens is 1. The monoisotopic (exact) mass is 600 g/mol. The number of thiazole rings is 1. The van der Waals surface area contributed by atoms with Gasteiger partial charge in [0.2, 0.25) is 16.0 Å². The molecule has 10 nitrogen and oxygen atoms in total. The molecule has 1 aliphatic carbocycles. The van der Waals surface area contributed by atoms with Crippen LogP contribution in [0.5, 0.6) is 0 Å². The Balaban J connectivity index is 1.66. The highest BCUT2D eigenvalue weighted by atomic mass is 32.2. The second-order valence-corrected chi connectivity index (χ2v) is 12.4. The minimum Gasteiger partial charge on any atom is -0.447 e. The smallest absolute Gasteiger partial charge is 0.434 e. The van der Waals surface area contributed by atoms with Crippen molar-refractivity contribution in [2.75, 3.05) is 11.9 Å². The van der Waals surface area contributed by atoms with Crippen molar-refractivity contribution in [1.82, 2.24) is 25.0 Å². The molecule has 0 bridgehead atoms. The number of carbonyl (C=O) groups is 1. The van der Waals surface area contributed by atoms with Crippen LogP contribution in [0.4, 0.5) is 29.6 Å². The fourth-order valence-electron chi connectivity index (χ4n) is 4.53. The van der Waals surface area contributed by atoms with Crippen molar-refractivity contribution < 1.29 is 31.1 Å². The molecular formula is C25H31F3N6O4S2. The van der Waals surface area contributed by atoms with E-state index in [1.807, 2.05) is 0 Å². The second kappa shape index (κ2) is 12.1. The van der Waals surface area contributed by atoms with E-state index in [2.05, 4.69) is 30.3 Å². The molecule has 218 valence electrons. The molecule has 3 aromatic rings. The molecule has 1 amide bonds. The van der Waals surface area contributed by atoms with E-state index in [-0.39, 0.29) is 45.0 Å². The number of benzene rings is 1. The molecule has 1 saturated carbocycles. The quantitative estimate of drug-likeness (QED) is 0.245. The van der Waals surface area contributed by atoms with Gasteiger partial charge in [0.15, 0.2) is 5.69 Å². The highest BCUT2D eigenvalue weighted by Gasteiger charge is 2.40. The fraction of sp³-hybridized carbons (Fsp3) is 0.480. The van der Waals surface area contributed by atoms with Crippen LogP contribution in [0.2, 0.25) is 0 Å². The number of imidazole rings is 1. The topological polar surface area (TPSA) is 138 Å². The number of ether oxygens (including phenoxy) is 1. The molecular weight excluding hydrogens is 569 g/mol. The highest BCUT2D eigenvalue weighted by Crippen LogP contribution is 2.46. The Hall–Kier alpha value is -3.17. The molecule has 1 aromatic carbocycles. The molecule has 4 rings (SSSR count). The first-order chi connectivity index (χ1) is 18.9. The van der Waals surface area contributed by atoms with Gasteiger partial charge in [-0.2, -0.15) is 13.2 Å². The van der Waals surface area contributed by atoms with Gasteiger partial charge >= 0.3 is 12.3 Å². The number of aromatic amines is 1. The van der Waals surface area contributed by atoms with Gasteiger partial charge in [-0.25, -0.2) is 27.9 Å². The van der Waals surface area contributed by atoms with Crippen LogP contribution in [0.15, 0.2) is 35.5 Å². The van der Waals surface area contributed by atoms with Gasteiger partial charge in [0, 0.05) is 42.1 Å². The minimum atomic E-state index is -4.80. The summed E-state index contributed by atoms with van der Waals surface area (Å²) in [5.41, 5.74) is -0.878. The number of rotatable bonds is 9. The molecule has 0 unspecified atom stereocenters. The summed E-state index contributed by atoms with van der Waals surface area (Å²) in [4.78, 5) is 22.2. The first-order valence-electron chi connectivity index (χ1n) is 12.8. The van der Waals surface area contributed by atoms with Gasteiger partial charge in [-0.05, 0) is 51.7 Å². The normalized spacial score (nSPS) is 18.1. The van der Waals surface area contributed by atoms with Crippen LogP contribution in [0.25, 0.3) is 10.4 Å². The van der Waals surface area contributed by atoms with Gasteiger partial charge in [0.25, 0.3) is 0 Å². The summed E-state index contributed by atoms with van der Waals surface area (Å²) in [6.45, 7) is 5.13. The molecule has 0 atom stereocenters. The number of hydrogen-bond donors (Lipinski definition) is 4. The highest BCUT2D eigenvalue weighted by molar-refractivity contribution is 7.89. The molecule has 0 spiro atoms. The Morgan fingerprint density at radius 2 is 1.95 bits per heavy atom. The van der Waals surface area contributed by atoms with Crippen LogP contribution in [-0.2, 0) is 20.9 Å². The van der Waals surface area contributed by atoms with E-state index < -0.39 is 28.0 Å². The van der Waals surface area contributed by atoms with Crippen molar-refractivity contribution in [3.05, 3.63) is 41.3 Å². The fourth-order valence-corrected chi connectivity index (χ4v) is 7.17. The number of anilines is 2. The molecule has 1 fully saturated rings. The molecule has 2 aromatic heterocycles. The average molecular weight is 601 g/mol. The third kappa shape index (κ3) is 7.12. The first-order valence-corrected chi connectivity index (χ1v) is 15.1. The standard InChI is InChI=1S/C25H31F3N6O4S2/c1-4-31-40(36,37)19-13-17(32-23-29-11-12-30-23)9-10-18(19)20-21(25(26,27)28)34-22(39-20)15-5-7-16(8-6-15)33-24(35)38-14(2)3/h9-16,31H,4-8H2,1-3H3,(H,33,35)(H2,29,30,32)/t15-,16-. The number of carbonyl (C=O) groups excluding carboxylic acids is 1. The lowest BCUT2D eigenvalue weighted by Gasteiger charge is -2.28. The van der Waals surface area contributed by atoms with Crippen LogP contribution in [0, 0.1) is 0 Å². The van der Waals surface area contributed by atoms with Crippen LogP contribution < -0.4 is 15.4 Å². The maximum atomic E-state index is 14.2. The van der Waals surface area contributed by atoms with Gasteiger partial charge in [-0.1, -0.05) is 13.0 Å². The molecule has 0 saturated heterocycles. The largest absolute Gasteiger partial charge is 0.447 e. The zero-order valence-electron chi connectivity index (χ0n) is 22.1. The van der Waals surface area contributed by atoms with Crippen LogP contribution in [-0.4, -0.2) is 48.2 Å². The van der Waals surface area contributed by atoms with Crippen molar-refractivity contribution in [3.8, 4) is 10.4 Å². The van der Waals surface area contributed by atoms with Crippen LogP contribution in [0.3, 0.4) is 0 Å². The lowest BCUT2D eigenvalue weighted by molar-refractivity contribution is -0.140. The molecule has 0 radical (unpaired) electrons. The lowest BCUT2D eigenvalue weighted by atomic mass is 9.86. The Bertz CT molecular complexity index is 1420. The summed E-state index contributed by atoms with van der Waals surface area (Å²) in [6.07, 6.45) is -0.353. The molecule has 4 N–H and O–H groups in total. The van der Waals surface area contributed by atoms with Crippen molar-refractivity contribution in [3.63, 3.8) is 0 Å². The van der Waals surface area contributed by atoms with Crippen LogP contribution in [0.1, 0.15) is 63.1 Å². The number of hydrogen-bond acceptors (Lipinski definition) is 8. The van der Waals surface area contributed by atoms with Gasteiger partial charge in [0.1, 0.15) is 0 Å². The van der Waals surface area contributed by atoms with E-state index >= 15 is 0 Å². The summed E-state index contributed by atoms with van der Waals surface area (Å²) in [7, 11) is -4.16. The maximum Gasteiger partial charge on any atom is 0.434 e. The van der Waals surface area contributed by atoms with Crippen LogP contribution >= 0.6 is 11.3 Å². The number of alkyl carbamates (subject to hydrolysis) is 1. The van der Waals surface area contributed by atoms with E-state index in [1.165, 1.54) is 24.4 Å². The minimum absolute atomic E-state index is 0.0552. The Morgan fingerprint density at radius 3 is 2.55 bits per heavy atom. The average Bonchev–Trinajstić information content (AvgIpc) is 3.54. The molecule has 2 heterocycles. The van der Waals surface area contributed by atoms with E-state index in [1.54, 1.807) is 27.0 Å². The predicted molar refractivity (Wildman–Crippen MR) is 145 cm³/mol. The number of nitrogens with one attached hydrogen (secondary N) is 4. The number of halogens is 3. The summed E-state index contributed by atoms with van der Waals surface area (Å²) < 4.78 is 76.4. The maximum absolute atomic E-state index is 14.2. The molecule has 1 aliphatic rings. The summed E-state index contributed by atoms with van der Waals surface area (Å²) in [5.74, 6) is 0.0888. The van der Waals surface area contributed by atoms with E-state index in [9.17, 15) is 26.4 Å². The number of aromatic nitrogens is 3. The predicted octanol–water partition coefficient (Wildman–Crippen LogP) is 5.75. The number of nitrogens with zero attached hydrogens (tertiary/aromatic N) is 2. The van der Waals surface area contributed by atoms with Crippen molar-refractivity contribution in [1.29, 1.82) is 0 Å². The lowest BCUT2D eigenvalue weighted by Crippen LogP contribution is -2.38. The SMILES string of the molecule is CCNS(=O)(=O)c1cc(Nc2ncc[nH]2)ccc1-c1sc([C@H]2CC[C@H](NC(=O)OC(C)C)CC2)nc1C(F)(F)F. The van der Waals surface area contributed by atoms with E-state index in [0.717, 1.165) is 11.3 Å². The van der Waals surface area contributed by atoms with Gasteiger partial charge in [-0.15, -0.1) is 11.3 Å². The number of sulfonamides is 1. The molecule has 40 heavy (non-hydrogen) atoms. The molecule has 15 heteroatoms. The summed E-state index contributed by atoms with van der Waals surface area (Å²) >= 11 is 0.855. The van der Waals surface area contributed by atoms with Gasteiger partial charge in [-0.3, -0.25) is 0 Å². The number of amides is 1. The number of alkyl halides is 3. The van der Waals surface area contributed by atoms with E-state index in [4.69, 9.17) is 4.74 Å². The Kier molecular flexibility index (Phi) is 9.05. The third-order valence-corrected chi connectivity index (χ3v) is 9.10. The zero-order valence-corrected chi connectivity index (χ0v) is 23.8. The van der Waals surface area contributed by atoms with Crippen molar-refractivity contribution in [2.24, 2.45) is 0 Å². The first kappa shape index (κ1) is 29.8. The Labute approximate surface area is 234 Å². The summed E-state index contributed by atoms with van der Waals surface area (Å²) in [5, 5.41) is 6.00. The van der Waals surface area contributed by atoms with Crippen molar-refractivity contribution >= 4 is 39.1 Å².